The summed E-state index contributed by atoms with van der Waals surface area (Å²) < 4.78 is 0. The van der Waals surface area contributed by atoms with E-state index in [2.05, 4.69) is 41.7 Å². The molecule has 1 saturated carbocycles. The first-order valence-electron chi connectivity index (χ1n) is 6.56. The maximum atomic E-state index is 6.12. The Morgan fingerprint density at radius 2 is 1.89 bits per heavy atom. The molecule has 2 aromatic carbocycles. The summed E-state index contributed by atoms with van der Waals surface area (Å²) in [5.41, 5.74) is 1.32. The van der Waals surface area contributed by atoms with E-state index in [4.69, 9.17) is 11.6 Å². The Kier molecular flexibility index (Phi) is 4.12. The fraction of sp³-hybridized carbons (Fsp3) is 0.250. The average Bonchev–Trinajstić information content (AvgIpc) is 3.23. The number of hydrogen-bond acceptors (Lipinski definition) is 2. The van der Waals surface area contributed by atoms with E-state index in [1.54, 1.807) is 11.8 Å². The van der Waals surface area contributed by atoms with Crippen LogP contribution in [-0.4, -0.2) is 6.04 Å². The highest BCUT2D eigenvalue weighted by Crippen LogP contribution is 2.32. The summed E-state index contributed by atoms with van der Waals surface area (Å²) in [5, 5.41) is 4.36. The standard InChI is InChI=1S/C16H16ClNS/c17-13-7-6-12(11-18-14-8-9-14)16(10-13)19-15-4-2-1-3-5-15/h1-7,10,14,18H,8-9,11H2. The third kappa shape index (κ3) is 3.75. The van der Waals surface area contributed by atoms with E-state index in [1.807, 2.05) is 12.1 Å². The molecule has 0 spiro atoms. The van der Waals surface area contributed by atoms with Gasteiger partial charge in [0.1, 0.15) is 0 Å². The highest BCUT2D eigenvalue weighted by atomic mass is 35.5. The van der Waals surface area contributed by atoms with Crippen molar-refractivity contribution >= 4 is 23.4 Å². The van der Waals surface area contributed by atoms with Crippen molar-refractivity contribution in [3.8, 4) is 0 Å². The van der Waals surface area contributed by atoms with E-state index in [0.29, 0.717) is 0 Å². The van der Waals surface area contributed by atoms with Crippen molar-refractivity contribution in [2.45, 2.75) is 35.2 Å². The molecule has 0 amide bonds. The summed E-state index contributed by atoms with van der Waals surface area (Å²) in [4.78, 5) is 2.49. The summed E-state index contributed by atoms with van der Waals surface area (Å²) in [5.74, 6) is 0. The molecule has 0 saturated heterocycles. The van der Waals surface area contributed by atoms with Gasteiger partial charge in [-0.1, -0.05) is 47.6 Å². The number of nitrogens with one attached hydrogen (secondary N) is 1. The fourth-order valence-electron chi connectivity index (χ4n) is 1.93. The Balaban J connectivity index is 1.78. The van der Waals surface area contributed by atoms with Gasteiger partial charge in [-0.25, -0.2) is 0 Å². The van der Waals surface area contributed by atoms with E-state index < -0.39 is 0 Å². The Morgan fingerprint density at radius 3 is 2.63 bits per heavy atom. The van der Waals surface area contributed by atoms with Crippen LogP contribution in [0, 0.1) is 0 Å². The monoisotopic (exact) mass is 289 g/mol. The first-order chi connectivity index (χ1) is 9.31. The van der Waals surface area contributed by atoms with Crippen LogP contribution in [0.3, 0.4) is 0 Å². The molecule has 0 bridgehead atoms. The van der Waals surface area contributed by atoms with Gasteiger partial charge in [-0.05, 0) is 42.7 Å². The van der Waals surface area contributed by atoms with Crippen molar-refractivity contribution in [2.75, 3.05) is 0 Å². The Morgan fingerprint density at radius 1 is 1.11 bits per heavy atom. The molecule has 0 heterocycles. The molecule has 98 valence electrons. The number of rotatable bonds is 5. The molecule has 3 rings (SSSR count). The van der Waals surface area contributed by atoms with Crippen LogP contribution in [0.2, 0.25) is 5.02 Å². The third-order valence-electron chi connectivity index (χ3n) is 3.16. The van der Waals surface area contributed by atoms with Crippen LogP contribution >= 0.6 is 23.4 Å². The second-order valence-electron chi connectivity index (χ2n) is 4.82. The van der Waals surface area contributed by atoms with Gasteiger partial charge in [0, 0.05) is 27.4 Å². The maximum Gasteiger partial charge on any atom is 0.0417 e. The minimum Gasteiger partial charge on any atom is -0.310 e. The van der Waals surface area contributed by atoms with Crippen molar-refractivity contribution in [3.63, 3.8) is 0 Å². The minimum atomic E-state index is 0.727. The Bertz CT molecular complexity index is 552. The molecule has 0 radical (unpaired) electrons. The van der Waals surface area contributed by atoms with Crippen molar-refractivity contribution in [1.29, 1.82) is 0 Å². The quantitative estimate of drug-likeness (QED) is 0.853. The molecular weight excluding hydrogens is 274 g/mol. The molecule has 0 aliphatic heterocycles. The minimum absolute atomic E-state index is 0.727. The average molecular weight is 290 g/mol. The van der Waals surface area contributed by atoms with Gasteiger partial charge >= 0.3 is 0 Å². The summed E-state index contributed by atoms with van der Waals surface area (Å²) in [6, 6.07) is 17.3. The molecule has 0 unspecified atom stereocenters. The summed E-state index contributed by atoms with van der Waals surface area (Å²) in [6.07, 6.45) is 2.63. The normalized spacial score (nSPS) is 14.6. The smallest absolute Gasteiger partial charge is 0.0417 e. The van der Waals surface area contributed by atoms with Gasteiger partial charge in [0.05, 0.1) is 0 Å². The van der Waals surface area contributed by atoms with Crippen LogP contribution in [-0.2, 0) is 6.54 Å². The Hall–Kier alpha value is -0.960. The molecule has 1 aliphatic rings. The predicted octanol–water partition coefficient (Wildman–Crippen LogP) is 4.74. The van der Waals surface area contributed by atoms with Crippen LogP contribution in [0.1, 0.15) is 18.4 Å². The van der Waals surface area contributed by atoms with Crippen LogP contribution in [0.4, 0.5) is 0 Å². The molecule has 3 heteroatoms. The van der Waals surface area contributed by atoms with Gasteiger partial charge in [-0.15, -0.1) is 0 Å². The molecule has 19 heavy (non-hydrogen) atoms. The fourth-order valence-corrected chi connectivity index (χ4v) is 3.17. The molecule has 1 fully saturated rings. The lowest BCUT2D eigenvalue weighted by molar-refractivity contribution is 0.680. The lowest BCUT2D eigenvalue weighted by Crippen LogP contribution is -2.15. The summed E-state index contributed by atoms with van der Waals surface area (Å²) in [7, 11) is 0. The van der Waals surface area contributed by atoms with Gasteiger partial charge in [-0.2, -0.15) is 0 Å². The second-order valence-corrected chi connectivity index (χ2v) is 6.37. The summed E-state index contributed by atoms with van der Waals surface area (Å²) >= 11 is 7.90. The zero-order valence-corrected chi connectivity index (χ0v) is 12.2. The number of halogens is 1. The molecule has 2 aromatic rings. The predicted molar refractivity (Wildman–Crippen MR) is 81.9 cm³/mol. The first-order valence-corrected chi connectivity index (χ1v) is 7.75. The van der Waals surface area contributed by atoms with Crippen molar-refractivity contribution in [1.82, 2.24) is 5.32 Å². The Labute approximate surface area is 123 Å². The molecule has 1 aliphatic carbocycles. The molecule has 1 nitrogen and oxygen atoms in total. The zero-order chi connectivity index (χ0) is 13.1. The van der Waals surface area contributed by atoms with Crippen molar-refractivity contribution in [3.05, 3.63) is 59.1 Å². The zero-order valence-electron chi connectivity index (χ0n) is 10.6. The van der Waals surface area contributed by atoms with Gasteiger partial charge in [-0.3, -0.25) is 0 Å². The highest BCUT2D eigenvalue weighted by Gasteiger charge is 2.20. The van der Waals surface area contributed by atoms with Gasteiger partial charge in [0.15, 0.2) is 0 Å². The van der Waals surface area contributed by atoms with Gasteiger partial charge < -0.3 is 5.32 Å². The van der Waals surface area contributed by atoms with E-state index in [1.165, 1.54) is 28.2 Å². The van der Waals surface area contributed by atoms with E-state index >= 15 is 0 Å². The lowest BCUT2D eigenvalue weighted by atomic mass is 10.2. The van der Waals surface area contributed by atoms with Crippen LogP contribution in [0.5, 0.6) is 0 Å². The number of hydrogen-bond donors (Lipinski definition) is 1. The number of benzene rings is 2. The van der Waals surface area contributed by atoms with Crippen LogP contribution < -0.4 is 5.32 Å². The van der Waals surface area contributed by atoms with Gasteiger partial charge in [0.25, 0.3) is 0 Å². The molecule has 0 aromatic heterocycles. The van der Waals surface area contributed by atoms with E-state index in [-0.39, 0.29) is 0 Å². The molecule has 0 atom stereocenters. The summed E-state index contributed by atoms with van der Waals surface area (Å²) in [6.45, 7) is 0.928. The maximum absolute atomic E-state index is 6.12. The second kappa shape index (κ2) is 6.00. The topological polar surface area (TPSA) is 12.0 Å². The molecule has 1 N–H and O–H groups in total. The first kappa shape index (κ1) is 13.0. The SMILES string of the molecule is Clc1ccc(CNC2CC2)c(Sc2ccccc2)c1. The largest absolute Gasteiger partial charge is 0.310 e. The van der Waals surface area contributed by atoms with Crippen molar-refractivity contribution in [2.24, 2.45) is 0 Å². The highest BCUT2D eigenvalue weighted by molar-refractivity contribution is 7.99. The van der Waals surface area contributed by atoms with Crippen LogP contribution in [0.25, 0.3) is 0 Å². The van der Waals surface area contributed by atoms with E-state index in [9.17, 15) is 0 Å². The van der Waals surface area contributed by atoms with Crippen LogP contribution in [0.15, 0.2) is 58.3 Å². The third-order valence-corrected chi connectivity index (χ3v) is 4.50. The van der Waals surface area contributed by atoms with E-state index in [0.717, 1.165) is 17.6 Å². The van der Waals surface area contributed by atoms with Gasteiger partial charge in [0.2, 0.25) is 0 Å². The lowest BCUT2D eigenvalue weighted by Gasteiger charge is -2.10. The van der Waals surface area contributed by atoms with Crippen molar-refractivity contribution < 1.29 is 0 Å². The molecular formula is C16H16ClNS.